The Morgan fingerprint density at radius 3 is 2.20 bits per heavy atom. The lowest BCUT2D eigenvalue weighted by atomic mass is 10.0. The van der Waals surface area contributed by atoms with E-state index in [0.717, 1.165) is 6.07 Å². The summed E-state index contributed by atoms with van der Waals surface area (Å²) in [5.41, 5.74) is -1.59. The van der Waals surface area contributed by atoms with Crippen LogP contribution in [0.1, 0.15) is 36.7 Å². The number of alkyl halides is 3. The average molecular weight is 291 g/mol. The molecule has 0 saturated heterocycles. The van der Waals surface area contributed by atoms with Crippen molar-refractivity contribution in [2.45, 2.75) is 33.0 Å². The average Bonchev–Trinajstić information content (AvgIpc) is 2.35. The van der Waals surface area contributed by atoms with Gasteiger partial charge in [-0.15, -0.1) is 0 Å². The van der Waals surface area contributed by atoms with Gasteiger partial charge >= 0.3 is 6.18 Å². The predicted octanol–water partition coefficient (Wildman–Crippen LogP) is 3.96. The van der Waals surface area contributed by atoms with E-state index in [-0.39, 0.29) is 17.5 Å². The number of hydrogen-bond acceptors (Lipinski definition) is 1. The van der Waals surface area contributed by atoms with Gasteiger partial charge in [0.1, 0.15) is 5.82 Å². The number of carbonyl (C=O) groups excluding carboxylic acids is 1. The molecular weight excluding hydrogens is 274 g/mol. The first-order chi connectivity index (χ1) is 9.05. The summed E-state index contributed by atoms with van der Waals surface area (Å²) in [4.78, 5) is 13.5. The number of rotatable bonds is 3. The van der Waals surface area contributed by atoms with Crippen molar-refractivity contribution in [3.63, 3.8) is 0 Å². The Kier molecular flexibility index (Phi) is 4.78. The van der Waals surface area contributed by atoms with Crippen LogP contribution < -0.4 is 0 Å². The van der Waals surface area contributed by atoms with Gasteiger partial charge in [-0.25, -0.2) is 4.39 Å². The van der Waals surface area contributed by atoms with Crippen LogP contribution in [0, 0.1) is 11.7 Å². The molecule has 2 nitrogen and oxygen atoms in total. The summed E-state index contributed by atoms with van der Waals surface area (Å²) in [6, 6.07) is 2.16. The van der Waals surface area contributed by atoms with Gasteiger partial charge in [-0.3, -0.25) is 4.79 Å². The Morgan fingerprint density at radius 1 is 1.20 bits per heavy atom. The minimum absolute atomic E-state index is 0.137. The molecule has 20 heavy (non-hydrogen) atoms. The maximum Gasteiger partial charge on any atom is 0.419 e. The zero-order valence-electron chi connectivity index (χ0n) is 11.8. The van der Waals surface area contributed by atoms with Crippen LogP contribution in [0.4, 0.5) is 17.6 Å². The summed E-state index contributed by atoms with van der Waals surface area (Å²) >= 11 is 0. The van der Waals surface area contributed by atoms with Crippen molar-refractivity contribution in [3.8, 4) is 0 Å². The fourth-order valence-electron chi connectivity index (χ4n) is 1.71. The molecular formula is C14H17F4NO. The molecule has 0 heterocycles. The van der Waals surface area contributed by atoms with Gasteiger partial charge in [-0.05, 0) is 31.0 Å². The number of benzene rings is 1. The van der Waals surface area contributed by atoms with Crippen LogP contribution in [-0.4, -0.2) is 23.9 Å². The Balaban J connectivity index is 3.12. The molecule has 0 spiro atoms. The molecule has 0 aliphatic rings. The van der Waals surface area contributed by atoms with Crippen molar-refractivity contribution in [1.82, 2.24) is 4.90 Å². The summed E-state index contributed by atoms with van der Waals surface area (Å²) in [5, 5.41) is 0. The lowest BCUT2D eigenvalue weighted by Gasteiger charge is -2.28. The normalized spacial score (nSPS) is 13.4. The summed E-state index contributed by atoms with van der Waals surface area (Å²) < 4.78 is 51.0. The fraction of sp³-hybridized carbons (Fsp3) is 0.500. The monoisotopic (exact) mass is 291 g/mol. The smallest absolute Gasteiger partial charge is 0.339 e. The van der Waals surface area contributed by atoms with E-state index < -0.39 is 23.5 Å². The molecule has 0 radical (unpaired) electrons. The number of halogens is 4. The van der Waals surface area contributed by atoms with E-state index in [4.69, 9.17) is 0 Å². The molecule has 0 bridgehead atoms. The van der Waals surface area contributed by atoms with Crippen molar-refractivity contribution in [2.24, 2.45) is 5.92 Å². The fourth-order valence-corrected chi connectivity index (χ4v) is 1.71. The maximum atomic E-state index is 13.2. The third kappa shape index (κ3) is 3.49. The van der Waals surface area contributed by atoms with E-state index in [9.17, 15) is 22.4 Å². The van der Waals surface area contributed by atoms with Gasteiger partial charge < -0.3 is 4.90 Å². The number of nitrogens with zero attached hydrogens (tertiary/aromatic N) is 1. The van der Waals surface area contributed by atoms with Gasteiger partial charge in [0, 0.05) is 18.7 Å². The highest BCUT2D eigenvalue weighted by Crippen LogP contribution is 2.32. The van der Waals surface area contributed by atoms with E-state index in [1.54, 1.807) is 6.92 Å². The van der Waals surface area contributed by atoms with Crippen molar-refractivity contribution in [2.75, 3.05) is 7.05 Å². The molecule has 1 amide bonds. The molecule has 1 rings (SSSR count). The Labute approximate surface area is 115 Å². The van der Waals surface area contributed by atoms with Gasteiger partial charge in [0.15, 0.2) is 0 Å². The largest absolute Gasteiger partial charge is 0.419 e. The lowest BCUT2D eigenvalue weighted by Crippen LogP contribution is -2.38. The number of carbonyl (C=O) groups is 1. The van der Waals surface area contributed by atoms with Crippen molar-refractivity contribution < 1.29 is 22.4 Å². The van der Waals surface area contributed by atoms with Crippen LogP contribution in [0.25, 0.3) is 0 Å². The summed E-state index contributed by atoms with van der Waals surface area (Å²) in [5.74, 6) is -1.78. The number of hydrogen-bond donors (Lipinski definition) is 0. The molecule has 112 valence electrons. The summed E-state index contributed by atoms with van der Waals surface area (Å²) in [6.07, 6.45) is -4.82. The standard InChI is InChI=1S/C14H17F4NO/c1-8(2)9(3)19(4)13(20)10-5-6-12(15)11(7-10)14(16,17)18/h5-9H,1-4H3. The Hall–Kier alpha value is -1.59. The molecule has 1 aromatic rings. The minimum atomic E-state index is -4.82. The van der Waals surface area contributed by atoms with Crippen LogP contribution in [0.5, 0.6) is 0 Å². The van der Waals surface area contributed by atoms with E-state index in [1.165, 1.54) is 11.9 Å². The molecule has 0 aliphatic heterocycles. The highest BCUT2D eigenvalue weighted by Gasteiger charge is 2.35. The molecule has 0 fully saturated rings. The van der Waals surface area contributed by atoms with Gasteiger partial charge in [-0.2, -0.15) is 13.2 Å². The predicted molar refractivity (Wildman–Crippen MR) is 67.8 cm³/mol. The molecule has 6 heteroatoms. The highest BCUT2D eigenvalue weighted by molar-refractivity contribution is 5.94. The second kappa shape index (κ2) is 5.81. The van der Waals surface area contributed by atoms with E-state index in [0.29, 0.717) is 12.1 Å². The molecule has 1 atom stereocenters. The van der Waals surface area contributed by atoms with Crippen LogP contribution in [0.3, 0.4) is 0 Å². The first-order valence-electron chi connectivity index (χ1n) is 6.19. The molecule has 1 unspecified atom stereocenters. The van der Waals surface area contributed by atoms with Crippen LogP contribution >= 0.6 is 0 Å². The molecule has 0 aromatic heterocycles. The SMILES string of the molecule is CC(C)C(C)N(C)C(=O)c1ccc(F)c(C(F)(F)F)c1. The summed E-state index contributed by atoms with van der Waals surface area (Å²) in [7, 11) is 1.52. The van der Waals surface area contributed by atoms with Crippen LogP contribution in [-0.2, 0) is 6.18 Å². The molecule has 1 aromatic carbocycles. The third-order valence-corrected chi connectivity index (χ3v) is 3.41. The topological polar surface area (TPSA) is 20.3 Å². The molecule has 0 aliphatic carbocycles. The van der Waals surface area contributed by atoms with Crippen LogP contribution in [0.2, 0.25) is 0 Å². The second-order valence-corrected chi connectivity index (χ2v) is 5.09. The van der Waals surface area contributed by atoms with Gasteiger partial charge in [0.2, 0.25) is 0 Å². The second-order valence-electron chi connectivity index (χ2n) is 5.09. The highest BCUT2D eigenvalue weighted by atomic mass is 19.4. The Bertz CT molecular complexity index is 496. The van der Waals surface area contributed by atoms with Gasteiger partial charge in [0.25, 0.3) is 5.91 Å². The molecule has 0 N–H and O–H groups in total. The lowest BCUT2D eigenvalue weighted by molar-refractivity contribution is -0.140. The molecule has 0 saturated carbocycles. The zero-order chi connectivity index (χ0) is 15.7. The van der Waals surface area contributed by atoms with Crippen molar-refractivity contribution >= 4 is 5.91 Å². The summed E-state index contributed by atoms with van der Waals surface area (Å²) in [6.45, 7) is 5.61. The van der Waals surface area contributed by atoms with Crippen molar-refractivity contribution in [3.05, 3.63) is 35.1 Å². The third-order valence-electron chi connectivity index (χ3n) is 3.41. The van der Waals surface area contributed by atoms with Gasteiger partial charge in [-0.1, -0.05) is 13.8 Å². The van der Waals surface area contributed by atoms with Crippen molar-refractivity contribution in [1.29, 1.82) is 0 Å². The zero-order valence-corrected chi connectivity index (χ0v) is 11.8. The Morgan fingerprint density at radius 2 is 1.75 bits per heavy atom. The van der Waals surface area contributed by atoms with E-state index >= 15 is 0 Å². The first-order valence-corrected chi connectivity index (χ1v) is 6.19. The quantitative estimate of drug-likeness (QED) is 0.772. The van der Waals surface area contributed by atoms with E-state index in [2.05, 4.69) is 0 Å². The first kappa shape index (κ1) is 16.5. The minimum Gasteiger partial charge on any atom is -0.339 e. The number of amides is 1. The van der Waals surface area contributed by atoms with E-state index in [1.807, 2.05) is 13.8 Å². The van der Waals surface area contributed by atoms with Crippen LogP contribution in [0.15, 0.2) is 18.2 Å². The maximum absolute atomic E-state index is 13.2. The van der Waals surface area contributed by atoms with Gasteiger partial charge in [0.05, 0.1) is 5.56 Å².